The Hall–Kier alpha value is -0.200. The molecule has 1 aliphatic heterocycles. The molecular weight excluding hydrogens is 210 g/mol. The van der Waals surface area contributed by atoms with Crippen LogP contribution in [0.2, 0.25) is 0 Å². The van der Waals surface area contributed by atoms with Crippen molar-refractivity contribution in [2.24, 2.45) is 5.92 Å². The normalized spacial score (nSPS) is 41.4. The van der Waals surface area contributed by atoms with Crippen LogP contribution in [-0.2, 0) is 4.74 Å². The lowest BCUT2D eigenvalue weighted by Gasteiger charge is -2.28. The van der Waals surface area contributed by atoms with Crippen molar-refractivity contribution in [3.8, 4) is 0 Å². The van der Waals surface area contributed by atoms with Gasteiger partial charge in [0, 0.05) is 37.8 Å². The number of aliphatic hydroxyl groups is 3. The first kappa shape index (κ1) is 12.3. The summed E-state index contributed by atoms with van der Waals surface area (Å²) < 4.78 is 5.26. The average molecular weight is 231 g/mol. The van der Waals surface area contributed by atoms with Crippen molar-refractivity contribution in [3.05, 3.63) is 0 Å². The zero-order valence-electron chi connectivity index (χ0n) is 9.38. The number of nitrogens with one attached hydrogen (secondary N) is 1. The Bertz CT molecular complexity index is 220. The van der Waals surface area contributed by atoms with Gasteiger partial charge in [-0.1, -0.05) is 0 Å². The van der Waals surface area contributed by atoms with Crippen LogP contribution in [0.3, 0.4) is 0 Å². The van der Waals surface area contributed by atoms with E-state index in [4.69, 9.17) is 9.84 Å². The molecule has 2 rings (SSSR count). The molecule has 4 N–H and O–H groups in total. The summed E-state index contributed by atoms with van der Waals surface area (Å²) in [4.78, 5) is 0. The zero-order chi connectivity index (χ0) is 11.5. The molecule has 1 saturated carbocycles. The fourth-order valence-corrected chi connectivity index (χ4v) is 2.64. The molecule has 5 nitrogen and oxygen atoms in total. The largest absolute Gasteiger partial charge is 0.396 e. The number of rotatable bonds is 3. The number of hydrogen-bond donors (Lipinski definition) is 4. The van der Waals surface area contributed by atoms with E-state index in [1.165, 1.54) is 0 Å². The maximum Gasteiger partial charge on any atom is 0.0955 e. The van der Waals surface area contributed by atoms with Crippen LogP contribution in [0.25, 0.3) is 0 Å². The van der Waals surface area contributed by atoms with Crippen molar-refractivity contribution in [1.82, 2.24) is 5.32 Å². The molecule has 1 heterocycles. The van der Waals surface area contributed by atoms with E-state index >= 15 is 0 Å². The fourth-order valence-electron chi connectivity index (χ4n) is 2.64. The maximum atomic E-state index is 9.83. The van der Waals surface area contributed by atoms with Crippen LogP contribution in [-0.4, -0.2) is 59.4 Å². The molecule has 5 heteroatoms. The van der Waals surface area contributed by atoms with Gasteiger partial charge in [0.25, 0.3) is 0 Å². The second-order valence-electron chi connectivity index (χ2n) is 4.82. The second-order valence-corrected chi connectivity index (χ2v) is 4.82. The molecule has 4 atom stereocenters. The summed E-state index contributed by atoms with van der Waals surface area (Å²) in [5.74, 6) is -0.202. The van der Waals surface area contributed by atoms with Crippen LogP contribution in [0, 0.1) is 5.92 Å². The molecule has 2 aliphatic rings. The minimum atomic E-state index is -0.803. The third-order valence-corrected chi connectivity index (χ3v) is 3.71. The van der Waals surface area contributed by atoms with Gasteiger partial charge in [-0.05, 0) is 19.3 Å². The predicted molar refractivity (Wildman–Crippen MR) is 58.0 cm³/mol. The second kappa shape index (κ2) is 5.42. The van der Waals surface area contributed by atoms with Gasteiger partial charge in [-0.15, -0.1) is 0 Å². The van der Waals surface area contributed by atoms with Gasteiger partial charge in [0.2, 0.25) is 0 Å². The molecule has 0 aromatic carbocycles. The SMILES string of the molecule is OC[C@H]1C[C@@H](NC2CCOCC2)[C@H](O)[C@@H]1O. The van der Waals surface area contributed by atoms with Crippen LogP contribution < -0.4 is 5.32 Å². The number of hydrogen-bond acceptors (Lipinski definition) is 5. The highest BCUT2D eigenvalue weighted by atomic mass is 16.5. The lowest BCUT2D eigenvalue weighted by atomic mass is 10.1. The van der Waals surface area contributed by atoms with E-state index in [2.05, 4.69) is 5.32 Å². The van der Waals surface area contributed by atoms with Crippen LogP contribution >= 0.6 is 0 Å². The van der Waals surface area contributed by atoms with Gasteiger partial charge in [-0.2, -0.15) is 0 Å². The fraction of sp³-hybridized carbons (Fsp3) is 1.00. The van der Waals surface area contributed by atoms with Crippen molar-refractivity contribution in [3.63, 3.8) is 0 Å². The van der Waals surface area contributed by atoms with Crippen LogP contribution in [0.1, 0.15) is 19.3 Å². The van der Waals surface area contributed by atoms with E-state index in [9.17, 15) is 10.2 Å². The lowest BCUT2D eigenvalue weighted by molar-refractivity contribution is -0.00375. The summed E-state index contributed by atoms with van der Waals surface area (Å²) in [6.07, 6.45) is 0.963. The first-order valence-electron chi connectivity index (χ1n) is 6.03. The third kappa shape index (κ3) is 2.55. The van der Waals surface area contributed by atoms with Crippen LogP contribution in [0.15, 0.2) is 0 Å². The first-order chi connectivity index (χ1) is 7.72. The quantitative estimate of drug-likeness (QED) is 0.493. The van der Waals surface area contributed by atoms with E-state index in [0.717, 1.165) is 26.1 Å². The Morgan fingerprint density at radius 1 is 1.12 bits per heavy atom. The third-order valence-electron chi connectivity index (χ3n) is 3.71. The highest BCUT2D eigenvalue weighted by molar-refractivity contribution is 4.96. The summed E-state index contributed by atoms with van der Waals surface area (Å²) in [6.45, 7) is 1.45. The molecule has 0 spiro atoms. The first-order valence-corrected chi connectivity index (χ1v) is 6.03. The lowest BCUT2D eigenvalue weighted by Crippen LogP contribution is -2.47. The van der Waals surface area contributed by atoms with Crippen LogP contribution in [0.5, 0.6) is 0 Å². The van der Waals surface area contributed by atoms with Crippen molar-refractivity contribution < 1.29 is 20.1 Å². The van der Waals surface area contributed by atoms with Gasteiger partial charge in [0.1, 0.15) is 0 Å². The Labute approximate surface area is 95.4 Å². The van der Waals surface area contributed by atoms with Gasteiger partial charge < -0.3 is 25.4 Å². The highest BCUT2D eigenvalue weighted by Gasteiger charge is 2.41. The van der Waals surface area contributed by atoms with Gasteiger partial charge in [-0.25, -0.2) is 0 Å². The van der Waals surface area contributed by atoms with Crippen molar-refractivity contribution >= 4 is 0 Å². The van der Waals surface area contributed by atoms with E-state index in [1.807, 2.05) is 0 Å². The predicted octanol–water partition coefficient (Wildman–Crippen LogP) is -1.14. The van der Waals surface area contributed by atoms with Gasteiger partial charge >= 0.3 is 0 Å². The number of ether oxygens (including phenoxy) is 1. The maximum absolute atomic E-state index is 9.83. The molecule has 0 unspecified atom stereocenters. The molecule has 0 bridgehead atoms. The van der Waals surface area contributed by atoms with Crippen molar-refractivity contribution in [1.29, 1.82) is 0 Å². The van der Waals surface area contributed by atoms with Gasteiger partial charge in [0.15, 0.2) is 0 Å². The standard InChI is InChI=1S/C11H21NO4/c13-6-7-5-9(11(15)10(7)14)12-8-1-3-16-4-2-8/h7-15H,1-6H2/t7-,9-,10-,11+/m1/s1. The van der Waals surface area contributed by atoms with Crippen LogP contribution in [0.4, 0.5) is 0 Å². The molecule has 1 aliphatic carbocycles. The molecule has 0 amide bonds. The van der Waals surface area contributed by atoms with Gasteiger partial charge in [-0.3, -0.25) is 0 Å². The minimum absolute atomic E-state index is 0.0653. The summed E-state index contributed by atoms with van der Waals surface area (Å²) >= 11 is 0. The van der Waals surface area contributed by atoms with E-state index in [1.54, 1.807) is 0 Å². The van der Waals surface area contributed by atoms with Gasteiger partial charge in [0.05, 0.1) is 12.2 Å². The smallest absolute Gasteiger partial charge is 0.0955 e. The molecular formula is C11H21NO4. The van der Waals surface area contributed by atoms with E-state index in [0.29, 0.717) is 12.5 Å². The van der Waals surface area contributed by atoms with Crippen molar-refractivity contribution in [2.75, 3.05) is 19.8 Å². The average Bonchev–Trinajstić information content (AvgIpc) is 2.58. The summed E-state index contributed by atoms with van der Waals surface area (Å²) in [5, 5.41) is 31.9. The highest BCUT2D eigenvalue weighted by Crippen LogP contribution is 2.27. The Kier molecular flexibility index (Phi) is 4.16. The minimum Gasteiger partial charge on any atom is -0.396 e. The zero-order valence-corrected chi connectivity index (χ0v) is 9.38. The monoisotopic (exact) mass is 231 g/mol. The topological polar surface area (TPSA) is 82.0 Å². The number of aliphatic hydroxyl groups excluding tert-OH is 3. The molecule has 0 aromatic rings. The van der Waals surface area contributed by atoms with E-state index in [-0.39, 0.29) is 18.6 Å². The Morgan fingerprint density at radius 2 is 1.81 bits per heavy atom. The molecule has 16 heavy (non-hydrogen) atoms. The summed E-state index contributed by atoms with van der Waals surface area (Å²) in [6, 6.07) is 0.258. The molecule has 94 valence electrons. The molecule has 0 radical (unpaired) electrons. The molecule has 1 saturated heterocycles. The summed E-state index contributed by atoms with van der Waals surface area (Å²) in [7, 11) is 0. The Morgan fingerprint density at radius 3 is 2.38 bits per heavy atom. The van der Waals surface area contributed by atoms with E-state index < -0.39 is 12.2 Å². The molecule has 0 aromatic heterocycles. The van der Waals surface area contributed by atoms with Crippen molar-refractivity contribution in [2.45, 2.75) is 43.6 Å². The Balaban J connectivity index is 1.85. The molecule has 2 fully saturated rings. The summed E-state index contributed by atoms with van der Waals surface area (Å²) in [5.41, 5.74) is 0.